The van der Waals surface area contributed by atoms with Gasteiger partial charge in [0.1, 0.15) is 8.07 Å². The van der Waals surface area contributed by atoms with Crippen molar-refractivity contribution in [2.45, 2.75) is 19.3 Å². The van der Waals surface area contributed by atoms with E-state index in [1.165, 1.54) is 16.3 Å². The van der Waals surface area contributed by atoms with Gasteiger partial charge in [0.15, 0.2) is 0 Å². The summed E-state index contributed by atoms with van der Waals surface area (Å²) in [5, 5.41) is 1.47. The topological polar surface area (TPSA) is 17.8 Å². The lowest BCUT2D eigenvalue weighted by molar-refractivity contribution is 0.855. The first-order chi connectivity index (χ1) is 10.5. The van der Waals surface area contributed by atoms with Crippen molar-refractivity contribution in [1.82, 2.24) is 9.55 Å². The van der Waals surface area contributed by atoms with Crippen LogP contribution in [0.1, 0.15) is 0 Å². The molecule has 0 aliphatic carbocycles. The van der Waals surface area contributed by atoms with E-state index in [9.17, 15) is 0 Å². The summed E-state index contributed by atoms with van der Waals surface area (Å²) in [5.74, 6) is 0. The number of aromatic nitrogens is 2. The molecule has 0 radical (unpaired) electrons. The van der Waals surface area contributed by atoms with E-state index in [1.807, 2.05) is 18.7 Å². The van der Waals surface area contributed by atoms with Gasteiger partial charge < -0.3 is 4.57 Å². The maximum absolute atomic E-state index is 4.14. The SMILES string of the molecule is C[Si](C)(Cn1ccnc1)c1ccc(-c2ccc(Br)cc2)cc1. The number of nitrogens with zero attached hydrogens (tertiary/aromatic N) is 2. The quantitative estimate of drug-likeness (QED) is 0.619. The van der Waals surface area contributed by atoms with Crippen molar-refractivity contribution in [3.05, 3.63) is 71.7 Å². The second-order valence-corrected chi connectivity index (χ2v) is 11.8. The minimum Gasteiger partial charge on any atom is -0.340 e. The normalized spacial score (nSPS) is 11.6. The Kier molecular flexibility index (Phi) is 4.31. The summed E-state index contributed by atoms with van der Waals surface area (Å²) < 4.78 is 3.30. The fourth-order valence-corrected chi connectivity index (χ4v) is 5.30. The predicted octanol–water partition coefficient (Wildman–Crippen LogP) is 4.47. The maximum Gasteiger partial charge on any atom is 0.102 e. The average molecular weight is 371 g/mol. The number of benzene rings is 2. The molecule has 22 heavy (non-hydrogen) atoms. The molecule has 2 nitrogen and oxygen atoms in total. The molecule has 112 valence electrons. The van der Waals surface area contributed by atoms with E-state index in [-0.39, 0.29) is 0 Å². The average Bonchev–Trinajstić information content (AvgIpc) is 3.00. The summed E-state index contributed by atoms with van der Waals surface area (Å²) in [6.07, 6.45) is 6.86. The number of hydrogen-bond acceptors (Lipinski definition) is 1. The van der Waals surface area contributed by atoms with Crippen LogP contribution in [-0.4, -0.2) is 17.6 Å². The Morgan fingerprint density at radius 1 is 0.955 bits per heavy atom. The third kappa shape index (κ3) is 3.39. The molecule has 0 amide bonds. The van der Waals surface area contributed by atoms with E-state index in [4.69, 9.17) is 0 Å². The molecule has 0 aliphatic heterocycles. The summed E-state index contributed by atoms with van der Waals surface area (Å²) in [6.45, 7) is 4.81. The second kappa shape index (κ2) is 6.22. The van der Waals surface area contributed by atoms with E-state index >= 15 is 0 Å². The van der Waals surface area contributed by atoms with Gasteiger partial charge in [0.25, 0.3) is 0 Å². The van der Waals surface area contributed by atoms with Gasteiger partial charge in [0, 0.05) is 23.0 Å². The Morgan fingerprint density at radius 2 is 1.55 bits per heavy atom. The summed E-state index contributed by atoms with van der Waals surface area (Å²) in [4.78, 5) is 4.14. The molecule has 0 atom stereocenters. The molecular formula is C18H19BrN2Si. The zero-order valence-electron chi connectivity index (χ0n) is 12.8. The van der Waals surface area contributed by atoms with E-state index in [0.717, 1.165) is 10.6 Å². The van der Waals surface area contributed by atoms with Crippen LogP contribution in [-0.2, 0) is 6.17 Å². The van der Waals surface area contributed by atoms with Crippen molar-refractivity contribution < 1.29 is 0 Å². The highest BCUT2D eigenvalue weighted by Gasteiger charge is 2.23. The van der Waals surface area contributed by atoms with Gasteiger partial charge in [-0.1, -0.05) is 70.6 Å². The standard InChI is InChI=1S/C18H19BrN2Si/c1-22(2,14-21-12-11-20-13-21)18-9-5-16(6-10-18)15-3-7-17(19)8-4-15/h3-13H,14H2,1-2H3. The minimum atomic E-state index is -1.50. The van der Waals surface area contributed by atoms with Crippen LogP contribution in [0.5, 0.6) is 0 Å². The lowest BCUT2D eigenvalue weighted by atomic mass is 10.1. The Morgan fingerprint density at radius 3 is 2.09 bits per heavy atom. The number of halogens is 1. The molecule has 0 unspecified atom stereocenters. The van der Waals surface area contributed by atoms with Gasteiger partial charge in [-0.2, -0.15) is 0 Å². The van der Waals surface area contributed by atoms with Crippen molar-refractivity contribution in [3.8, 4) is 11.1 Å². The summed E-state index contributed by atoms with van der Waals surface area (Å²) in [6, 6.07) is 17.5. The molecule has 1 heterocycles. The van der Waals surface area contributed by atoms with E-state index < -0.39 is 8.07 Å². The maximum atomic E-state index is 4.14. The minimum absolute atomic E-state index is 1.06. The molecule has 3 aromatic rings. The van der Waals surface area contributed by atoms with Gasteiger partial charge in [0.2, 0.25) is 0 Å². The van der Waals surface area contributed by atoms with Crippen LogP contribution < -0.4 is 5.19 Å². The molecule has 0 spiro atoms. The summed E-state index contributed by atoms with van der Waals surface area (Å²) in [7, 11) is -1.50. The highest BCUT2D eigenvalue weighted by Crippen LogP contribution is 2.21. The molecule has 0 saturated heterocycles. The predicted molar refractivity (Wildman–Crippen MR) is 98.9 cm³/mol. The zero-order chi connectivity index (χ0) is 15.6. The van der Waals surface area contributed by atoms with E-state index in [1.54, 1.807) is 0 Å². The van der Waals surface area contributed by atoms with Crippen LogP contribution in [0.4, 0.5) is 0 Å². The third-order valence-electron chi connectivity index (χ3n) is 3.98. The molecule has 1 aromatic heterocycles. The van der Waals surface area contributed by atoms with Crippen LogP contribution in [0.25, 0.3) is 11.1 Å². The van der Waals surface area contributed by atoms with Crippen LogP contribution in [0.15, 0.2) is 71.7 Å². The Labute approximate surface area is 141 Å². The smallest absolute Gasteiger partial charge is 0.102 e. The Bertz CT molecular complexity index is 732. The number of imidazole rings is 1. The van der Waals surface area contributed by atoms with Crippen molar-refractivity contribution >= 4 is 29.2 Å². The van der Waals surface area contributed by atoms with Gasteiger partial charge in [0.05, 0.1) is 6.33 Å². The molecule has 0 aliphatic rings. The van der Waals surface area contributed by atoms with Crippen LogP contribution >= 0.6 is 15.9 Å². The zero-order valence-corrected chi connectivity index (χ0v) is 15.4. The van der Waals surface area contributed by atoms with E-state index in [2.05, 4.69) is 87.1 Å². The lowest BCUT2D eigenvalue weighted by Gasteiger charge is -2.23. The van der Waals surface area contributed by atoms with Gasteiger partial charge in [-0.25, -0.2) is 4.98 Å². The number of hydrogen-bond donors (Lipinski definition) is 0. The van der Waals surface area contributed by atoms with Crippen LogP contribution in [0.2, 0.25) is 13.1 Å². The molecule has 0 fully saturated rings. The monoisotopic (exact) mass is 370 g/mol. The number of rotatable bonds is 4. The van der Waals surface area contributed by atoms with Gasteiger partial charge in [-0.05, 0) is 23.3 Å². The first-order valence-corrected chi connectivity index (χ1v) is 11.4. The first kappa shape index (κ1) is 15.3. The molecule has 0 N–H and O–H groups in total. The Balaban J connectivity index is 1.82. The second-order valence-electron chi connectivity index (χ2n) is 6.20. The van der Waals surface area contributed by atoms with Gasteiger partial charge in [-0.15, -0.1) is 0 Å². The van der Waals surface area contributed by atoms with Crippen LogP contribution in [0.3, 0.4) is 0 Å². The summed E-state index contributed by atoms with van der Waals surface area (Å²) >= 11 is 3.48. The summed E-state index contributed by atoms with van der Waals surface area (Å²) in [5.41, 5.74) is 2.52. The van der Waals surface area contributed by atoms with E-state index in [0.29, 0.717) is 0 Å². The molecule has 2 aromatic carbocycles. The Hall–Kier alpha value is -1.65. The van der Waals surface area contributed by atoms with Crippen molar-refractivity contribution in [2.75, 3.05) is 0 Å². The molecule has 0 bridgehead atoms. The molecular weight excluding hydrogens is 352 g/mol. The largest absolute Gasteiger partial charge is 0.340 e. The highest BCUT2D eigenvalue weighted by atomic mass is 79.9. The van der Waals surface area contributed by atoms with Gasteiger partial charge >= 0.3 is 0 Å². The molecule has 4 heteroatoms. The first-order valence-electron chi connectivity index (χ1n) is 7.37. The fourth-order valence-electron chi connectivity index (χ4n) is 2.68. The van der Waals surface area contributed by atoms with Crippen molar-refractivity contribution in [3.63, 3.8) is 0 Å². The third-order valence-corrected chi connectivity index (χ3v) is 7.56. The van der Waals surface area contributed by atoms with Gasteiger partial charge in [-0.3, -0.25) is 0 Å². The van der Waals surface area contributed by atoms with Crippen LogP contribution in [0, 0.1) is 0 Å². The van der Waals surface area contributed by atoms with Crippen molar-refractivity contribution in [1.29, 1.82) is 0 Å². The molecule has 0 saturated carbocycles. The van der Waals surface area contributed by atoms with Crippen molar-refractivity contribution in [2.24, 2.45) is 0 Å². The fraction of sp³-hybridized carbons (Fsp3) is 0.167. The highest BCUT2D eigenvalue weighted by molar-refractivity contribution is 9.10. The lowest BCUT2D eigenvalue weighted by Crippen LogP contribution is -2.45. The molecule has 3 rings (SSSR count).